The molecule has 63 heavy (non-hydrogen) atoms. The Hall–Kier alpha value is -2.68. The number of aliphatic hydroxyl groups excluding tert-OH is 3. The number of ether oxygens (including phenoxy) is 6. The number of benzene rings is 1. The summed E-state index contributed by atoms with van der Waals surface area (Å²) in [6.45, 7) is 17.9. The van der Waals surface area contributed by atoms with Gasteiger partial charge in [0.05, 0.1) is 58.0 Å². The molecule has 0 spiro atoms. The highest BCUT2D eigenvalue weighted by molar-refractivity contribution is 5.89. The van der Waals surface area contributed by atoms with Crippen LogP contribution in [0.2, 0.25) is 0 Å². The number of nitro groups is 1. The molecule has 2 saturated heterocycles. The molecule has 0 aromatic heterocycles. The number of hydrogen-bond acceptors (Lipinski definition) is 16. The minimum Gasteiger partial charge on any atom is -0.391 e. The maximum atomic E-state index is 14.7. The van der Waals surface area contributed by atoms with Crippen molar-refractivity contribution in [2.75, 3.05) is 28.3 Å². The average Bonchev–Trinajstić information content (AvgIpc) is 3.23. The van der Waals surface area contributed by atoms with Crippen molar-refractivity contribution in [3.63, 3.8) is 0 Å². The summed E-state index contributed by atoms with van der Waals surface area (Å²) in [5.41, 5.74) is -3.28. The molecule has 17 nitrogen and oxygen atoms in total. The van der Waals surface area contributed by atoms with Crippen LogP contribution in [0.5, 0.6) is 0 Å². The first-order chi connectivity index (χ1) is 29.3. The van der Waals surface area contributed by atoms with Crippen molar-refractivity contribution >= 4 is 17.2 Å². The molecule has 2 aliphatic heterocycles. The largest absolute Gasteiger partial charge is 0.391 e. The van der Waals surface area contributed by atoms with Gasteiger partial charge in [-0.05, 0) is 73.0 Å². The van der Waals surface area contributed by atoms with E-state index in [9.17, 15) is 35.3 Å². The number of ketones is 1. The second-order valence-corrected chi connectivity index (χ2v) is 19.4. The van der Waals surface area contributed by atoms with E-state index in [1.54, 1.807) is 46.9 Å². The second kappa shape index (κ2) is 21.7. The molecule has 4 N–H and O–H groups in total. The van der Waals surface area contributed by atoms with Crippen LogP contribution in [-0.4, -0.2) is 148 Å². The highest BCUT2D eigenvalue weighted by Gasteiger charge is 2.53. The summed E-state index contributed by atoms with van der Waals surface area (Å²) in [6, 6.07) is 5.72. The highest BCUT2D eigenvalue weighted by atomic mass is 16.7. The molecule has 0 amide bonds. The minimum absolute atomic E-state index is 0.101. The summed E-state index contributed by atoms with van der Waals surface area (Å²) in [6.07, 6.45) is -7.19. The number of carbonyl (C=O) groups is 1. The van der Waals surface area contributed by atoms with Crippen LogP contribution in [0.3, 0.4) is 0 Å². The lowest BCUT2D eigenvalue weighted by molar-refractivity contribution is -0.385. The van der Waals surface area contributed by atoms with Crippen molar-refractivity contribution in [1.29, 1.82) is 0 Å². The van der Waals surface area contributed by atoms with Gasteiger partial charge in [-0.3, -0.25) is 14.9 Å². The van der Waals surface area contributed by atoms with Crippen molar-refractivity contribution in [2.45, 2.75) is 186 Å². The number of hydrogen-bond donors (Lipinski definition) is 4. The van der Waals surface area contributed by atoms with Gasteiger partial charge in [-0.1, -0.05) is 58.3 Å². The molecule has 1 aromatic carbocycles. The maximum absolute atomic E-state index is 14.7. The number of nitrogens with zero attached hydrogens (tertiary/aromatic N) is 3. The molecule has 18 atom stereocenters. The highest BCUT2D eigenvalue weighted by Crippen LogP contribution is 2.43. The lowest BCUT2D eigenvalue weighted by Crippen LogP contribution is -2.61. The number of non-ortho nitro benzene ring substituents is 1. The number of rotatable bonds is 12. The Morgan fingerprint density at radius 1 is 0.937 bits per heavy atom. The fraction of sp³-hybridized carbons (Fsp3) is 0.826. The lowest BCUT2D eigenvalue weighted by atomic mass is 9.69. The third kappa shape index (κ3) is 12.0. The van der Waals surface area contributed by atoms with Gasteiger partial charge in [0.2, 0.25) is 0 Å². The molecular weight excluding hydrogens is 819 g/mol. The maximum Gasteiger partial charge on any atom is 0.269 e. The molecule has 1 aliphatic carbocycles. The topological polar surface area (TPSA) is 221 Å². The average molecular weight is 896 g/mol. The molecule has 1 aromatic rings. The number of aliphatic hydroxyl groups is 4. The van der Waals surface area contributed by atoms with Gasteiger partial charge in [0.1, 0.15) is 24.6 Å². The van der Waals surface area contributed by atoms with E-state index in [4.69, 9.17) is 33.3 Å². The van der Waals surface area contributed by atoms with Crippen molar-refractivity contribution in [1.82, 2.24) is 4.90 Å². The van der Waals surface area contributed by atoms with Crippen LogP contribution >= 0.6 is 0 Å². The van der Waals surface area contributed by atoms with Crippen LogP contribution in [0.4, 0.5) is 5.69 Å². The quantitative estimate of drug-likeness (QED) is 0.160. The Kier molecular flexibility index (Phi) is 18.3. The number of nitro benzene ring substituents is 1. The Morgan fingerprint density at radius 2 is 1.59 bits per heavy atom. The third-order valence-electron chi connectivity index (χ3n) is 14.5. The van der Waals surface area contributed by atoms with E-state index in [0.717, 1.165) is 0 Å². The van der Waals surface area contributed by atoms with Gasteiger partial charge in [-0.25, -0.2) is 0 Å². The predicted molar refractivity (Wildman–Crippen MR) is 235 cm³/mol. The van der Waals surface area contributed by atoms with E-state index < -0.39 is 101 Å². The predicted octanol–water partition coefficient (Wildman–Crippen LogP) is 5.02. The fourth-order valence-corrected chi connectivity index (χ4v) is 10.1. The van der Waals surface area contributed by atoms with E-state index >= 15 is 0 Å². The van der Waals surface area contributed by atoms with E-state index in [1.165, 1.54) is 26.2 Å². The summed E-state index contributed by atoms with van der Waals surface area (Å²) in [4.78, 5) is 33.6. The van der Waals surface area contributed by atoms with Crippen LogP contribution in [0.15, 0.2) is 29.4 Å². The Bertz CT molecular complexity index is 1700. The molecule has 1 saturated carbocycles. The molecule has 360 valence electrons. The number of carbonyl (C=O) groups excluding carboxylic acids is 1. The van der Waals surface area contributed by atoms with Crippen molar-refractivity contribution in [3.8, 4) is 0 Å². The van der Waals surface area contributed by atoms with E-state index in [2.05, 4.69) is 5.16 Å². The zero-order valence-electron chi connectivity index (χ0n) is 39.9. The van der Waals surface area contributed by atoms with Gasteiger partial charge in [0.25, 0.3) is 5.69 Å². The molecule has 17 heteroatoms. The van der Waals surface area contributed by atoms with E-state index in [0.29, 0.717) is 24.1 Å². The van der Waals surface area contributed by atoms with Gasteiger partial charge < -0.3 is 58.6 Å². The van der Waals surface area contributed by atoms with Gasteiger partial charge in [0, 0.05) is 68.9 Å². The molecule has 4 rings (SSSR count). The van der Waals surface area contributed by atoms with Gasteiger partial charge in [0.15, 0.2) is 12.6 Å². The van der Waals surface area contributed by atoms with Crippen LogP contribution in [-0.2, 0) is 44.7 Å². The van der Waals surface area contributed by atoms with Crippen molar-refractivity contribution in [2.24, 2.45) is 34.7 Å². The van der Waals surface area contributed by atoms with Gasteiger partial charge in [-0.2, -0.15) is 0 Å². The fourth-order valence-electron chi connectivity index (χ4n) is 10.1. The molecule has 0 unspecified atom stereocenters. The Balaban J connectivity index is 1.90. The summed E-state index contributed by atoms with van der Waals surface area (Å²) < 4.78 is 38.8. The molecular formula is C46H77N3O14. The molecule has 0 radical (unpaired) electrons. The van der Waals surface area contributed by atoms with Gasteiger partial charge in [-0.15, -0.1) is 0 Å². The number of oxime groups is 1. The normalized spacial score (nSPS) is 43.1. The summed E-state index contributed by atoms with van der Waals surface area (Å²) in [5, 5.41) is 63.3. The lowest BCUT2D eigenvalue weighted by Gasteiger charge is -2.50. The summed E-state index contributed by atoms with van der Waals surface area (Å²) >= 11 is 0. The molecule has 3 fully saturated rings. The summed E-state index contributed by atoms with van der Waals surface area (Å²) in [5.74, 6) is -3.78. The minimum atomic E-state index is -1.78. The van der Waals surface area contributed by atoms with Crippen LogP contribution in [0.1, 0.15) is 107 Å². The Morgan fingerprint density at radius 3 is 2.17 bits per heavy atom. The van der Waals surface area contributed by atoms with Crippen LogP contribution < -0.4 is 0 Å². The van der Waals surface area contributed by atoms with Gasteiger partial charge >= 0.3 is 0 Å². The first kappa shape index (κ1) is 52.9. The Labute approximate surface area is 373 Å². The first-order valence-corrected chi connectivity index (χ1v) is 22.5. The first-order valence-electron chi connectivity index (χ1n) is 22.5. The van der Waals surface area contributed by atoms with Crippen molar-refractivity contribution in [3.05, 3.63) is 39.9 Å². The summed E-state index contributed by atoms with van der Waals surface area (Å²) in [7, 11) is 6.84. The van der Waals surface area contributed by atoms with Crippen LogP contribution in [0.25, 0.3) is 0 Å². The smallest absolute Gasteiger partial charge is 0.269 e. The zero-order valence-corrected chi connectivity index (χ0v) is 39.9. The second-order valence-electron chi connectivity index (χ2n) is 19.4. The number of Topliss-reactive ketones (excluding diaryl/α,β-unsaturated/α-hetero) is 1. The van der Waals surface area contributed by atoms with E-state index in [1.807, 2.05) is 53.6 Å². The third-order valence-corrected chi connectivity index (χ3v) is 14.5. The number of methoxy groups -OCH3 is 2. The standard InChI is InChI=1S/C46H77N3O14/c1-15-32-21-35(50)27(4)39(62-36-23-44(8,57-13)41(53)30(7)61-36)29(6)42(63-43-38(51)34(48(11)12)19-26(3)60-43)45(9,58-14)22-25(2)37(28(5)40(52)46(32,10)54)47-59-24-31-17-16-18-33(20-31)49(55)56/h16-18,20,25-30,32,34,36,38-43,51-54H,15,19,21-24H2,1-14H3/b47-37+/t25-,26-,27+,28+,29+,30+,32+,34+,36+,38-,39-,40-,41+,42-,43+,44-,45-,46-/m1/s1. The molecule has 3 aliphatic rings. The SMILES string of the molecule is CC[C@H]1CC(=O)[C@H](C)[C@@H](O[C@H]2C[C@@](C)(OC)[C@@H](O)[C@H](C)O2)[C@H](C)[C@@H](O[C@@H]2O[C@H](C)C[C@H](N(C)C)[C@H]2O)[C@](C)(OC)C[C@@H](C)/C(=N\OCc2cccc([N+](=O)[O-])c2)[C@H](C)[C@@H](O)[C@]1(C)O. The van der Waals surface area contributed by atoms with E-state index in [-0.39, 0.29) is 49.5 Å². The molecule has 2 heterocycles. The zero-order chi connectivity index (χ0) is 47.4. The van der Waals surface area contributed by atoms with Crippen LogP contribution in [0, 0.1) is 39.7 Å². The monoisotopic (exact) mass is 896 g/mol. The number of likely N-dealkylation sites (N-methyl/N-ethyl adjacent to an activating group) is 1. The van der Waals surface area contributed by atoms with Crippen molar-refractivity contribution < 1.29 is 63.4 Å². The molecule has 0 bridgehead atoms.